The van der Waals surface area contributed by atoms with Gasteiger partial charge in [-0.05, 0) is 62.3 Å². The number of hydrogen-bond acceptors (Lipinski definition) is 4. The smallest absolute Gasteiger partial charge is 0.122 e. The first-order chi connectivity index (χ1) is 13.2. The molecule has 0 amide bonds. The summed E-state index contributed by atoms with van der Waals surface area (Å²) in [5, 5.41) is 8.57. The molecule has 2 heterocycles. The number of aryl methyl sites for hydroxylation is 1. The van der Waals surface area contributed by atoms with Crippen LogP contribution in [0.4, 0.5) is 0 Å². The van der Waals surface area contributed by atoms with Gasteiger partial charge in [0, 0.05) is 23.6 Å². The van der Waals surface area contributed by atoms with Gasteiger partial charge in [-0.3, -0.25) is 0 Å². The molecule has 4 heteroatoms. The van der Waals surface area contributed by atoms with Gasteiger partial charge in [0.2, 0.25) is 0 Å². The van der Waals surface area contributed by atoms with Crippen molar-refractivity contribution in [2.24, 2.45) is 0 Å². The quantitative estimate of drug-likeness (QED) is 0.693. The first-order valence-electron chi connectivity index (χ1n) is 9.40. The van der Waals surface area contributed by atoms with Crippen LogP contribution in [-0.4, -0.2) is 35.8 Å². The van der Waals surface area contributed by atoms with Crippen molar-refractivity contribution < 1.29 is 4.74 Å². The van der Waals surface area contributed by atoms with E-state index in [9.17, 15) is 0 Å². The highest BCUT2D eigenvalue weighted by molar-refractivity contribution is 5.62. The van der Waals surface area contributed by atoms with Crippen LogP contribution >= 0.6 is 0 Å². The summed E-state index contributed by atoms with van der Waals surface area (Å²) < 4.78 is 5.65. The fourth-order valence-electron chi connectivity index (χ4n) is 3.95. The van der Waals surface area contributed by atoms with Crippen molar-refractivity contribution in [2.45, 2.75) is 25.8 Å². The van der Waals surface area contributed by atoms with E-state index in [-0.39, 0.29) is 0 Å². The third-order valence-corrected chi connectivity index (χ3v) is 5.37. The van der Waals surface area contributed by atoms with Crippen molar-refractivity contribution in [3.8, 4) is 17.0 Å². The van der Waals surface area contributed by atoms with Crippen molar-refractivity contribution >= 4 is 0 Å². The molecule has 1 aliphatic heterocycles. The van der Waals surface area contributed by atoms with Crippen LogP contribution in [0.15, 0.2) is 54.6 Å². The lowest BCUT2D eigenvalue weighted by atomic mass is 9.85. The van der Waals surface area contributed by atoms with Crippen LogP contribution < -0.4 is 4.74 Å². The number of fused-ring (bicyclic) bond motifs is 1. The normalized spacial score (nSPS) is 17.2. The topological polar surface area (TPSA) is 38.2 Å². The van der Waals surface area contributed by atoms with E-state index in [2.05, 4.69) is 58.5 Å². The largest absolute Gasteiger partial charge is 0.496 e. The fourth-order valence-corrected chi connectivity index (χ4v) is 3.95. The maximum Gasteiger partial charge on any atom is 0.122 e. The molecule has 1 aromatic heterocycles. The number of aromatic nitrogens is 2. The second kappa shape index (κ2) is 7.49. The second-order valence-electron chi connectivity index (χ2n) is 7.29. The Hall–Kier alpha value is -2.72. The number of nitrogens with zero attached hydrogens (tertiary/aromatic N) is 3. The Kier molecular flexibility index (Phi) is 4.90. The fraction of sp³-hybridized carbons (Fsp3) is 0.304. The highest BCUT2D eigenvalue weighted by Gasteiger charge is 2.25. The molecular weight excluding hydrogens is 334 g/mol. The summed E-state index contributed by atoms with van der Waals surface area (Å²) in [5.74, 6) is 1.30. The molecule has 0 aliphatic carbocycles. The van der Waals surface area contributed by atoms with E-state index in [1.807, 2.05) is 25.1 Å². The van der Waals surface area contributed by atoms with E-state index >= 15 is 0 Å². The highest BCUT2D eigenvalue weighted by atomic mass is 16.5. The number of rotatable bonds is 3. The van der Waals surface area contributed by atoms with E-state index in [1.165, 1.54) is 16.7 Å². The molecule has 2 aromatic carbocycles. The van der Waals surface area contributed by atoms with Gasteiger partial charge in [0.25, 0.3) is 0 Å². The van der Waals surface area contributed by atoms with Crippen LogP contribution in [0.5, 0.6) is 5.75 Å². The van der Waals surface area contributed by atoms with Gasteiger partial charge >= 0.3 is 0 Å². The molecule has 1 atom stereocenters. The summed E-state index contributed by atoms with van der Waals surface area (Å²) >= 11 is 0. The Morgan fingerprint density at radius 3 is 2.63 bits per heavy atom. The molecule has 138 valence electrons. The van der Waals surface area contributed by atoms with Gasteiger partial charge in [0.15, 0.2) is 0 Å². The minimum absolute atomic E-state index is 0.333. The Morgan fingerprint density at radius 2 is 1.85 bits per heavy atom. The van der Waals surface area contributed by atoms with E-state index < -0.39 is 0 Å². The molecule has 0 bridgehead atoms. The summed E-state index contributed by atoms with van der Waals surface area (Å²) in [6, 6.07) is 19.2. The third-order valence-electron chi connectivity index (χ3n) is 5.37. The second-order valence-corrected chi connectivity index (χ2v) is 7.29. The lowest BCUT2D eigenvalue weighted by Crippen LogP contribution is -2.17. The summed E-state index contributed by atoms with van der Waals surface area (Å²) in [4.78, 5) is 2.39. The predicted molar refractivity (Wildman–Crippen MR) is 108 cm³/mol. The van der Waals surface area contributed by atoms with Crippen LogP contribution in [0, 0.1) is 6.92 Å². The van der Waals surface area contributed by atoms with E-state index in [4.69, 9.17) is 4.74 Å². The summed E-state index contributed by atoms with van der Waals surface area (Å²) in [5.41, 5.74) is 6.97. The first kappa shape index (κ1) is 17.7. The molecule has 3 aromatic rings. The van der Waals surface area contributed by atoms with Crippen molar-refractivity contribution in [3.05, 3.63) is 77.0 Å². The molecule has 27 heavy (non-hydrogen) atoms. The standard InChI is InChI=1S/C23H25N3O/c1-16-8-11-22(25-24-16)17-9-10-19-18(14-17)15-26(2)13-12-20(19)21-6-4-5-7-23(21)27-3/h4-11,14,20H,12-13,15H2,1-3H3. The summed E-state index contributed by atoms with van der Waals surface area (Å²) in [7, 11) is 3.94. The summed E-state index contributed by atoms with van der Waals surface area (Å²) in [6.07, 6.45) is 1.08. The molecule has 0 saturated heterocycles. The highest BCUT2D eigenvalue weighted by Crippen LogP contribution is 2.39. The molecule has 4 nitrogen and oxygen atoms in total. The minimum Gasteiger partial charge on any atom is -0.496 e. The van der Waals surface area contributed by atoms with E-state index in [0.29, 0.717) is 5.92 Å². The molecule has 4 rings (SSSR count). The average Bonchev–Trinajstić information content (AvgIpc) is 2.86. The number of benzene rings is 2. The van der Waals surface area contributed by atoms with E-state index in [0.717, 1.165) is 42.2 Å². The van der Waals surface area contributed by atoms with Crippen LogP contribution in [0.3, 0.4) is 0 Å². The lowest BCUT2D eigenvalue weighted by molar-refractivity contribution is 0.327. The third kappa shape index (κ3) is 3.58. The molecule has 0 spiro atoms. The van der Waals surface area contributed by atoms with Crippen molar-refractivity contribution in [1.82, 2.24) is 15.1 Å². The molecule has 0 N–H and O–H groups in total. The number of ether oxygens (including phenoxy) is 1. The SMILES string of the molecule is COc1ccccc1C1CCN(C)Cc2cc(-c3ccc(C)nn3)ccc21. The average molecular weight is 359 g/mol. The molecule has 0 radical (unpaired) electrons. The van der Waals surface area contributed by atoms with Crippen molar-refractivity contribution in [1.29, 1.82) is 0 Å². The van der Waals surface area contributed by atoms with Gasteiger partial charge < -0.3 is 9.64 Å². The molecule has 1 unspecified atom stereocenters. The van der Waals surface area contributed by atoms with Crippen molar-refractivity contribution in [3.63, 3.8) is 0 Å². The number of methoxy groups -OCH3 is 1. The van der Waals surface area contributed by atoms with Crippen molar-refractivity contribution in [2.75, 3.05) is 20.7 Å². The Balaban J connectivity index is 1.79. The van der Waals surface area contributed by atoms with E-state index in [1.54, 1.807) is 7.11 Å². The number of hydrogen-bond donors (Lipinski definition) is 0. The zero-order chi connectivity index (χ0) is 18.8. The zero-order valence-electron chi connectivity index (χ0n) is 16.1. The van der Waals surface area contributed by atoms with Crippen LogP contribution in [0.2, 0.25) is 0 Å². The Morgan fingerprint density at radius 1 is 1.00 bits per heavy atom. The van der Waals surface area contributed by atoms with Gasteiger partial charge in [-0.15, -0.1) is 0 Å². The maximum absolute atomic E-state index is 5.65. The van der Waals surface area contributed by atoms with Gasteiger partial charge in [-0.2, -0.15) is 10.2 Å². The van der Waals surface area contributed by atoms with Gasteiger partial charge in [0.05, 0.1) is 18.5 Å². The Labute approximate surface area is 160 Å². The van der Waals surface area contributed by atoms with Crippen LogP contribution in [0.1, 0.15) is 34.7 Å². The van der Waals surface area contributed by atoms with Gasteiger partial charge in [0.1, 0.15) is 5.75 Å². The Bertz CT molecular complexity index is 937. The van der Waals surface area contributed by atoms with Gasteiger partial charge in [-0.1, -0.05) is 30.3 Å². The monoisotopic (exact) mass is 359 g/mol. The molecule has 0 fully saturated rings. The van der Waals surface area contributed by atoms with Gasteiger partial charge in [-0.25, -0.2) is 0 Å². The zero-order valence-corrected chi connectivity index (χ0v) is 16.1. The van der Waals surface area contributed by atoms with Crippen LogP contribution in [0.25, 0.3) is 11.3 Å². The maximum atomic E-state index is 5.65. The lowest BCUT2D eigenvalue weighted by Gasteiger charge is -2.21. The van der Waals surface area contributed by atoms with Crippen LogP contribution in [-0.2, 0) is 6.54 Å². The predicted octanol–water partition coefficient (Wildman–Crippen LogP) is 4.43. The molecule has 1 aliphatic rings. The minimum atomic E-state index is 0.333. The summed E-state index contributed by atoms with van der Waals surface area (Å²) in [6.45, 7) is 3.95. The molecule has 0 saturated carbocycles. The first-order valence-corrected chi connectivity index (χ1v) is 9.40. The molecular formula is C23H25N3O. The number of para-hydroxylation sites is 1.